The van der Waals surface area contributed by atoms with E-state index in [1.54, 1.807) is 7.11 Å². The van der Waals surface area contributed by atoms with Gasteiger partial charge in [0, 0.05) is 7.11 Å². The summed E-state index contributed by atoms with van der Waals surface area (Å²) in [5, 5.41) is 21.3. The lowest BCUT2D eigenvalue weighted by Crippen LogP contribution is -2.58. The third-order valence-electron chi connectivity index (χ3n) is 4.95. The molecule has 2 fully saturated rings. The predicted octanol–water partition coefficient (Wildman–Crippen LogP) is 2.34. The SMILES string of the molecule is CO[C@H]1C([C@]2(C)OC2CC=C(C)C)[C@@](O)(SC)CC[C@H]1O. The summed E-state index contributed by atoms with van der Waals surface area (Å²) in [6.07, 6.45) is 5.18. The van der Waals surface area contributed by atoms with E-state index in [0.717, 1.165) is 6.42 Å². The maximum atomic E-state index is 11.0. The van der Waals surface area contributed by atoms with E-state index in [0.29, 0.717) is 12.8 Å². The molecule has 0 bridgehead atoms. The lowest BCUT2D eigenvalue weighted by Gasteiger charge is -2.47. The van der Waals surface area contributed by atoms with Crippen LogP contribution in [0.25, 0.3) is 0 Å². The fourth-order valence-corrected chi connectivity index (χ4v) is 4.56. The van der Waals surface area contributed by atoms with Gasteiger partial charge in [-0.25, -0.2) is 0 Å². The van der Waals surface area contributed by atoms with Gasteiger partial charge in [-0.05, 0) is 46.3 Å². The van der Waals surface area contributed by atoms with Gasteiger partial charge in [-0.3, -0.25) is 0 Å². The summed E-state index contributed by atoms with van der Waals surface area (Å²) >= 11 is 1.44. The lowest BCUT2D eigenvalue weighted by atomic mass is 9.72. The summed E-state index contributed by atoms with van der Waals surface area (Å²) in [7, 11) is 1.60. The minimum Gasteiger partial charge on any atom is -0.390 e. The van der Waals surface area contributed by atoms with Crippen molar-refractivity contribution in [3.8, 4) is 0 Å². The second-order valence-corrected chi connectivity index (χ2v) is 7.76. The van der Waals surface area contributed by atoms with Gasteiger partial charge in [-0.2, -0.15) is 0 Å². The molecule has 0 aromatic heterocycles. The highest BCUT2D eigenvalue weighted by Crippen LogP contribution is 2.56. The molecule has 122 valence electrons. The number of rotatable bonds is 5. The summed E-state index contributed by atoms with van der Waals surface area (Å²) < 4.78 is 11.5. The summed E-state index contributed by atoms with van der Waals surface area (Å²) in [4.78, 5) is -0.908. The van der Waals surface area contributed by atoms with Crippen LogP contribution in [0.2, 0.25) is 0 Å². The minimum atomic E-state index is -0.908. The van der Waals surface area contributed by atoms with E-state index in [-0.39, 0.29) is 12.0 Å². The molecular weight excluding hydrogens is 288 g/mol. The van der Waals surface area contributed by atoms with Crippen LogP contribution in [-0.2, 0) is 9.47 Å². The molecule has 6 atom stereocenters. The molecule has 1 heterocycles. The van der Waals surface area contributed by atoms with Crippen molar-refractivity contribution >= 4 is 11.8 Å². The van der Waals surface area contributed by atoms with E-state index in [4.69, 9.17) is 9.47 Å². The van der Waals surface area contributed by atoms with Crippen molar-refractivity contribution in [3.05, 3.63) is 11.6 Å². The molecule has 1 aliphatic heterocycles. The van der Waals surface area contributed by atoms with E-state index in [1.165, 1.54) is 17.3 Å². The molecule has 4 nitrogen and oxygen atoms in total. The monoisotopic (exact) mass is 316 g/mol. The van der Waals surface area contributed by atoms with Crippen LogP contribution in [0.5, 0.6) is 0 Å². The molecule has 1 aliphatic carbocycles. The Morgan fingerprint density at radius 3 is 2.67 bits per heavy atom. The number of allylic oxidation sites excluding steroid dienone is 1. The Kier molecular flexibility index (Phi) is 5.11. The zero-order valence-electron chi connectivity index (χ0n) is 13.6. The van der Waals surface area contributed by atoms with Crippen molar-refractivity contribution in [1.29, 1.82) is 0 Å². The Bertz CT molecular complexity index is 409. The van der Waals surface area contributed by atoms with Crippen molar-refractivity contribution < 1.29 is 19.7 Å². The molecule has 0 radical (unpaired) electrons. The van der Waals surface area contributed by atoms with Crippen LogP contribution < -0.4 is 0 Å². The summed E-state index contributed by atoms with van der Waals surface area (Å²) in [6.45, 7) is 6.17. The maximum Gasteiger partial charge on any atom is 0.118 e. The van der Waals surface area contributed by atoms with Gasteiger partial charge in [-0.1, -0.05) is 11.6 Å². The Morgan fingerprint density at radius 1 is 1.48 bits per heavy atom. The molecule has 2 rings (SSSR count). The van der Waals surface area contributed by atoms with Crippen LogP contribution in [0.1, 0.15) is 40.0 Å². The number of hydrogen-bond donors (Lipinski definition) is 2. The molecule has 21 heavy (non-hydrogen) atoms. The Balaban J connectivity index is 2.22. The number of ether oxygens (including phenoxy) is 2. The molecule has 2 aliphatic rings. The molecule has 0 aromatic carbocycles. The predicted molar refractivity (Wildman–Crippen MR) is 85.3 cm³/mol. The number of epoxide rings is 1. The molecular formula is C16H28O4S. The Hall–Kier alpha value is -0.0700. The van der Waals surface area contributed by atoms with Gasteiger partial charge in [0.05, 0.1) is 24.2 Å². The third kappa shape index (κ3) is 3.17. The Morgan fingerprint density at radius 2 is 2.14 bits per heavy atom. The van der Waals surface area contributed by atoms with E-state index in [9.17, 15) is 10.2 Å². The molecule has 1 saturated heterocycles. The van der Waals surface area contributed by atoms with Gasteiger partial charge >= 0.3 is 0 Å². The fourth-order valence-electron chi connectivity index (χ4n) is 3.62. The van der Waals surface area contributed by atoms with E-state index in [1.807, 2.05) is 13.2 Å². The van der Waals surface area contributed by atoms with Crippen LogP contribution in [-0.4, -0.2) is 52.4 Å². The molecule has 0 aromatic rings. The van der Waals surface area contributed by atoms with Crippen molar-refractivity contribution in [3.63, 3.8) is 0 Å². The minimum absolute atomic E-state index is 0.0824. The van der Waals surface area contributed by atoms with Gasteiger partial charge in [0.1, 0.15) is 10.5 Å². The number of thioether (sulfide) groups is 1. The quantitative estimate of drug-likeness (QED) is 0.463. The highest BCUT2D eigenvalue weighted by Gasteiger charge is 2.67. The smallest absolute Gasteiger partial charge is 0.118 e. The summed E-state index contributed by atoms with van der Waals surface area (Å²) in [5.41, 5.74) is 0.825. The molecule has 0 spiro atoms. The summed E-state index contributed by atoms with van der Waals surface area (Å²) in [5.74, 6) is -0.232. The van der Waals surface area contributed by atoms with Crippen LogP contribution in [0.3, 0.4) is 0 Å². The second kappa shape index (κ2) is 6.20. The molecule has 1 saturated carbocycles. The van der Waals surface area contributed by atoms with Crippen molar-refractivity contribution in [1.82, 2.24) is 0 Å². The molecule has 2 N–H and O–H groups in total. The van der Waals surface area contributed by atoms with Gasteiger partial charge in [0.25, 0.3) is 0 Å². The normalized spacial score (nSPS) is 46.2. The maximum absolute atomic E-state index is 11.0. The zero-order valence-corrected chi connectivity index (χ0v) is 14.4. The average Bonchev–Trinajstić information content (AvgIpc) is 3.10. The van der Waals surface area contributed by atoms with E-state index >= 15 is 0 Å². The first-order valence-corrected chi connectivity index (χ1v) is 8.80. The van der Waals surface area contributed by atoms with Gasteiger partial charge in [0.15, 0.2) is 0 Å². The first-order chi connectivity index (χ1) is 9.78. The first-order valence-electron chi connectivity index (χ1n) is 7.58. The van der Waals surface area contributed by atoms with E-state index in [2.05, 4.69) is 19.9 Å². The molecule has 2 unspecified atom stereocenters. The van der Waals surface area contributed by atoms with Gasteiger partial charge in [0.2, 0.25) is 0 Å². The van der Waals surface area contributed by atoms with Crippen molar-refractivity contribution in [2.24, 2.45) is 5.92 Å². The standard InChI is InChI=1S/C16H28O4S/c1-10(2)6-7-12-15(3,20-12)14-13(19-4)11(17)8-9-16(14,18)21-5/h6,11-14,17-18H,7-9H2,1-5H3/t11-,12?,13-,14?,15-,16+/m1/s1. The van der Waals surface area contributed by atoms with Crippen LogP contribution in [0.4, 0.5) is 0 Å². The topological polar surface area (TPSA) is 62.2 Å². The molecule has 0 amide bonds. The number of hydrogen-bond acceptors (Lipinski definition) is 5. The van der Waals surface area contributed by atoms with Crippen LogP contribution in [0.15, 0.2) is 11.6 Å². The average molecular weight is 316 g/mol. The molecule has 5 heteroatoms. The first kappa shape index (κ1) is 17.3. The van der Waals surface area contributed by atoms with Crippen LogP contribution >= 0.6 is 11.8 Å². The Labute approximate surface area is 131 Å². The number of aliphatic hydroxyl groups is 2. The lowest BCUT2D eigenvalue weighted by molar-refractivity contribution is -0.143. The third-order valence-corrected chi connectivity index (χ3v) is 6.12. The number of methoxy groups -OCH3 is 1. The highest BCUT2D eigenvalue weighted by molar-refractivity contribution is 7.99. The fraction of sp³-hybridized carbons (Fsp3) is 0.875. The van der Waals surface area contributed by atoms with E-state index < -0.39 is 22.7 Å². The van der Waals surface area contributed by atoms with Gasteiger partial charge < -0.3 is 19.7 Å². The highest BCUT2D eigenvalue weighted by atomic mass is 32.2. The van der Waals surface area contributed by atoms with Crippen molar-refractivity contribution in [2.75, 3.05) is 13.4 Å². The largest absolute Gasteiger partial charge is 0.390 e. The number of aliphatic hydroxyl groups excluding tert-OH is 1. The van der Waals surface area contributed by atoms with Crippen LogP contribution in [0, 0.1) is 5.92 Å². The van der Waals surface area contributed by atoms with Crippen molar-refractivity contribution in [2.45, 2.75) is 68.9 Å². The zero-order chi connectivity index (χ0) is 15.8. The summed E-state index contributed by atoms with van der Waals surface area (Å²) in [6, 6.07) is 0. The second-order valence-electron chi connectivity index (χ2n) is 6.64. The van der Waals surface area contributed by atoms with Gasteiger partial charge in [-0.15, -0.1) is 11.8 Å².